The third-order valence-corrected chi connectivity index (χ3v) is 6.84. The number of likely N-dealkylation sites (N-methyl/N-ethyl adjacent to an activating group) is 1. The van der Waals surface area contributed by atoms with E-state index >= 15 is 0 Å². The van der Waals surface area contributed by atoms with E-state index in [0.29, 0.717) is 12.1 Å². The van der Waals surface area contributed by atoms with E-state index in [1.54, 1.807) is 0 Å². The Bertz CT molecular complexity index is 937. The fraction of sp³-hybridized carbons (Fsp3) is 0.500. The molecular weight excluding hydrogens is 416 g/mol. The zero-order valence-electron chi connectivity index (χ0n) is 19.5. The first kappa shape index (κ1) is 23.9. The molecule has 0 bridgehead atoms. The van der Waals surface area contributed by atoms with Gasteiger partial charge in [-0.1, -0.05) is 36.4 Å². The molecule has 2 unspecified atom stereocenters. The Kier molecular flexibility index (Phi) is 8.11. The van der Waals surface area contributed by atoms with Crippen molar-refractivity contribution < 1.29 is 15.0 Å². The number of fused-ring (bicyclic) bond motifs is 1. The van der Waals surface area contributed by atoms with Crippen molar-refractivity contribution in [2.75, 3.05) is 52.9 Å². The van der Waals surface area contributed by atoms with E-state index in [-0.39, 0.29) is 25.1 Å². The summed E-state index contributed by atoms with van der Waals surface area (Å²) in [6.45, 7) is 6.13. The number of rotatable bonds is 8. The molecule has 0 aromatic heterocycles. The molecule has 178 valence electrons. The van der Waals surface area contributed by atoms with Gasteiger partial charge in [0, 0.05) is 64.0 Å². The first-order valence-corrected chi connectivity index (χ1v) is 11.9. The van der Waals surface area contributed by atoms with Crippen molar-refractivity contribution in [3.8, 4) is 0 Å². The van der Waals surface area contributed by atoms with Gasteiger partial charge in [-0.05, 0) is 42.3 Å². The molecular formula is C26H36N4O3. The number of benzene rings is 2. The molecule has 2 aromatic carbocycles. The van der Waals surface area contributed by atoms with Crippen LogP contribution in [-0.2, 0) is 19.5 Å². The number of piperazine rings is 1. The minimum absolute atomic E-state index is 0.153. The minimum Gasteiger partial charge on any atom is -0.395 e. The van der Waals surface area contributed by atoms with E-state index in [0.717, 1.165) is 51.3 Å². The lowest BCUT2D eigenvalue weighted by molar-refractivity contribution is 0.0540. The van der Waals surface area contributed by atoms with Crippen molar-refractivity contribution in [3.63, 3.8) is 0 Å². The van der Waals surface area contributed by atoms with Crippen LogP contribution in [0, 0.1) is 0 Å². The summed E-state index contributed by atoms with van der Waals surface area (Å²) in [6.07, 6.45) is 0.386. The lowest BCUT2D eigenvalue weighted by Gasteiger charge is -2.38. The Morgan fingerprint density at radius 3 is 2.73 bits per heavy atom. The van der Waals surface area contributed by atoms with Crippen molar-refractivity contribution in [1.29, 1.82) is 0 Å². The maximum absolute atomic E-state index is 12.7. The van der Waals surface area contributed by atoms with Gasteiger partial charge < -0.3 is 15.5 Å². The largest absolute Gasteiger partial charge is 0.395 e. The lowest BCUT2D eigenvalue weighted by Crippen LogP contribution is -2.52. The van der Waals surface area contributed by atoms with Gasteiger partial charge in [0.15, 0.2) is 0 Å². The molecule has 7 heteroatoms. The predicted molar refractivity (Wildman–Crippen MR) is 129 cm³/mol. The van der Waals surface area contributed by atoms with Crippen molar-refractivity contribution in [2.45, 2.75) is 31.7 Å². The molecule has 2 heterocycles. The smallest absolute Gasteiger partial charge is 0.251 e. The fourth-order valence-electron chi connectivity index (χ4n) is 4.81. The van der Waals surface area contributed by atoms with Crippen LogP contribution in [0.1, 0.15) is 27.0 Å². The zero-order valence-corrected chi connectivity index (χ0v) is 19.5. The minimum atomic E-state index is -0.608. The molecule has 33 heavy (non-hydrogen) atoms. The van der Waals surface area contributed by atoms with Gasteiger partial charge in [0.2, 0.25) is 0 Å². The van der Waals surface area contributed by atoms with Gasteiger partial charge in [-0.2, -0.15) is 0 Å². The first-order chi connectivity index (χ1) is 16.0. The van der Waals surface area contributed by atoms with Crippen LogP contribution in [0.3, 0.4) is 0 Å². The molecule has 7 nitrogen and oxygen atoms in total. The molecule has 2 atom stereocenters. The van der Waals surface area contributed by atoms with E-state index in [9.17, 15) is 15.0 Å². The molecule has 0 saturated carbocycles. The number of hydrogen-bond acceptors (Lipinski definition) is 6. The molecule has 2 aromatic rings. The van der Waals surface area contributed by atoms with Gasteiger partial charge in [0.05, 0.1) is 12.7 Å². The number of amides is 1. The number of aliphatic hydroxyl groups is 2. The van der Waals surface area contributed by atoms with Crippen LogP contribution < -0.4 is 5.32 Å². The van der Waals surface area contributed by atoms with E-state index in [4.69, 9.17) is 0 Å². The third kappa shape index (κ3) is 6.40. The number of aliphatic hydroxyl groups excluding tert-OH is 2. The Hall–Kier alpha value is -2.29. The number of carbonyl (C=O) groups is 1. The molecule has 1 saturated heterocycles. The monoisotopic (exact) mass is 452 g/mol. The van der Waals surface area contributed by atoms with Gasteiger partial charge in [0.25, 0.3) is 5.91 Å². The summed E-state index contributed by atoms with van der Waals surface area (Å²) in [5.74, 6) is -0.161. The first-order valence-electron chi connectivity index (χ1n) is 11.9. The maximum Gasteiger partial charge on any atom is 0.251 e. The second-order valence-electron chi connectivity index (χ2n) is 9.37. The van der Waals surface area contributed by atoms with E-state index in [2.05, 4.69) is 44.3 Å². The van der Waals surface area contributed by atoms with Crippen molar-refractivity contribution >= 4 is 5.91 Å². The van der Waals surface area contributed by atoms with E-state index in [1.807, 2.05) is 31.3 Å². The molecule has 3 N–H and O–H groups in total. The zero-order chi connectivity index (χ0) is 23.2. The van der Waals surface area contributed by atoms with E-state index < -0.39 is 6.10 Å². The molecule has 1 amide bonds. The van der Waals surface area contributed by atoms with Crippen LogP contribution in [0.4, 0.5) is 0 Å². The topological polar surface area (TPSA) is 79.3 Å². The van der Waals surface area contributed by atoms with E-state index in [1.165, 1.54) is 11.1 Å². The van der Waals surface area contributed by atoms with Crippen molar-refractivity contribution in [2.24, 2.45) is 0 Å². The Morgan fingerprint density at radius 2 is 1.91 bits per heavy atom. The van der Waals surface area contributed by atoms with Crippen molar-refractivity contribution in [3.05, 3.63) is 70.8 Å². The second-order valence-corrected chi connectivity index (χ2v) is 9.37. The molecule has 4 rings (SSSR count). The quantitative estimate of drug-likeness (QED) is 0.554. The molecule has 0 spiro atoms. The highest BCUT2D eigenvalue weighted by molar-refractivity contribution is 5.94. The van der Waals surface area contributed by atoms with Gasteiger partial charge in [-0.3, -0.25) is 19.5 Å². The average molecular weight is 453 g/mol. The highest BCUT2D eigenvalue weighted by Gasteiger charge is 2.24. The summed E-state index contributed by atoms with van der Waals surface area (Å²) < 4.78 is 0. The predicted octanol–water partition coefficient (Wildman–Crippen LogP) is 0.944. The van der Waals surface area contributed by atoms with Crippen LogP contribution in [0.2, 0.25) is 0 Å². The van der Waals surface area contributed by atoms with Crippen LogP contribution in [0.15, 0.2) is 48.5 Å². The Labute approximate surface area is 196 Å². The third-order valence-electron chi connectivity index (χ3n) is 6.84. The summed E-state index contributed by atoms with van der Waals surface area (Å²) in [5.41, 5.74) is 4.40. The summed E-state index contributed by atoms with van der Waals surface area (Å²) in [6, 6.07) is 16.3. The lowest BCUT2D eigenvalue weighted by atomic mass is 10.00. The summed E-state index contributed by atoms with van der Waals surface area (Å²) in [7, 11) is 2.04. The standard InChI is InChI=1S/C26H36N4O3/c1-28-11-12-30(17-24(28)19-31)15-20-5-4-8-22(13-20)26(33)27-14-25(32)18-29-10-9-21-6-2-3-7-23(21)16-29/h2-8,13,24-25,31-32H,9-12,14-19H2,1H3,(H,27,33). The van der Waals surface area contributed by atoms with Crippen LogP contribution in [-0.4, -0.2) is 95.9 Å². The SMILES string of the molecule is CN1CCN(Cc2cccc(C(=O)NCC(O)CN3CCc4ccccc4C3)c2)CC1CO. The number of β-amino-alcohol motifs (C(OH)–C–C–N with tert-alkyl or cyclic N) is 1. The van der Waals surface area contributed by atoms with Gasteiger partial charge in [0.1, 0.15) is 0 Å². The molecule has 2 aliphatic rings. The Balaban J connectivity index is 1.25. The molecule has 1 fully saturated rings. The van der Waals surface area contributed by atoms with Crippen LogP contribution >= 0.6 is 0 Å². The number of carbonyl (C=O) groups excluding carboxylic acids is 1. The summed E-state index contributed by atoms with van der Waals surface area (Å²) in [5, 5.41) is 23.0. The Morgan fingerprint density at radius 1 is 1.09 bits per heavy atom. The summed E-state index contributed by atoms with van der Waals surface area (Å²) in [4.78, 5) is 19.5. The number of nitrogens with zero attached hydrogens (tertiary/aromatic N) is 3. The number of hydrogen-bond donors (Lipinski definition) is 3. The van der Waals surface area contributed by atoms with Crippen molar-refractivity contribution in [1.82, 2.24) is 20.0 Å². The summed E-state index contributed by atoms with van der Waals surface area (Å²) >= 11 is 0. The maximum atomic E-state index is 12.7. The second kappa shape index (κ2) is 11.2. The average Bonchev–Trinajstić information content (AvgIpc) is 2.84. The molecule has 0 radical (unpaired) electrons. The van der Waals surface area contributed by atoms with Crippen LogP contribution in [0.5, 0.6) is 0 Å². The normalized spacial score (nSPS) is 20.9. The van der Waals surface area contributed by atoms with Crippen LogP contribution in [0.25, 0.3) is 0 Å². The highest BCUT2D eigenvalue weighted by Crippen LogP contribution is 2.18. The fourth-order valence-corrected chi connectivity index (χ4v) is 4.81. The van der Waals surface area contributed by atoms with Gasteiger partial charge in [-0.15, -0.1) is 0 Å². The highest BCUT2D eigenvalue weighted by atomic mass is 16.3. The van der Waals surface area contributed by atoms with Gasteiger partial charge in [-0.25, -0.2) is 0 Å². The molecule has 0 aliphatic carbocycles. The van der Waals surface area contributed by atoms with Gasteiger partial charge >= 0.3 is 0 Å². The number of nitrogens with one attached hydrogen (secondary N) is 1. The molecule has 2 aliphatic heterocycles.